The van der Waals surface area contributed by atoms with Gasteiger partial charge in [-0.2, -0.15) is 5.10 Å². The van der Waals surface area contributed by atoms with Gasteiger partial charge in [-0.1, -0.05) is 37.2 Å². The summed E-state index contributed by atoms with van der Waals surface area (Å²) >= 11 is 1.70. The number of hydrogen-bond acceptors (Lipinski definition) is 4. The Bertz CT molecular complexity index is 1060. The van der Waals surface area contributed by atoms with E-state index in [4.69, 9.17) is 0 Å². The first-order valence-electron chi connectivity index (χ1n) is 9.71. The molecule has 1 N–H and O–H groups in total. The number of hydrogen-bond donors (Lipinski definition) is 1. The number of benzene rings is 2. The number of rotatable bonds is 7. The molecule has 150 valence electrons. The third-order valence-electron chi connectivity index (χ3n) is 4.51. The van der Waals surface area contributed by atoms with Crippen molar-refractivity contribution in [2.24, 2.45) is 0 Å². The molecule has 3 rings (SSSR count). The number of carbonyl (C=O) groups is 1. The number of carbonyl (C=O) groups excluding carboxylic acids is 1. The molecule has 0 unspecified atom stereocenters. The summed E-state index contributed by atoms with van der Waals surface area (Å²) in [6, 6.07) is 17.0. The van der Waals surface area contributed by atoms with Crippen molar-refractivity contribution in [1.29, 1.82) is 0 Å². The Morgan fingerprint density at radius 3 is 2.55 bits per heavy atom. The van der Waals surface area contributed by atoms with E-state index in [0.29, 0.717) is 12.2 Å². The first-order valence-corrected chi connectivity index (χ1v) is 10.5. The SMILES string of the molecule is CCCCn1nc(C(=O)Nc2ccc(Sc3cc(C)ccc3C)cc2)ccc1=O. The molecule has 0 bridgehead atoms. The lowest BCUT2D eigenvalue weighted by Gasteiger charge is -2.09. The molecule has 1 aromatic heterocycles. The fraction of sp³-hybridized carbons (Fsp3) is 0.261. The van der Waals surface area contributed by atoms with Gasteiger partial charge in [0.05, 0.1) is 0 Å². The molecule has 0 saturated carbocycles. The predicted octanol–water partition coefficient (Wildman–Crippen LogP) is 5.06. The molecule has 29 heavy (non-hydrogen) atoms. The maximum Gasteiger partial charge on any atom is 0.276 e. The second kappa shape index (κ2) is 9.56. The van der Waals surface area contributed by atoms with Crippen molar-refractivity contribution in [3.05, 3.63) is 81.8 Å². The maximum atomic E-state index is 12.5. The van der Waals surface area contributed by atoms with E-state index < -0.39 is 0 Å². The van der Waals surface area contributed by atoms with Crippen LogP contribution in [0.3, 0.4) is 0 Å². The van der Waals surface area contributed by atoms with Crippen molar-refractivity contribution >= 4 is 23.4 Å². The quantitative estimate of drug-likeness (QED) is 0.594. The molecule has 0 aliphatic carbocycles. The van der Waals surface area contributed by atoms with Crippen molar-refractivity contribution < 1.29 is 4.79 Å². The van der Waals surface area contributed by atoms with Crippen molar-refractivity contribution in [2.75, 3.05) is 5.32 Å². The molecule has 0 aliphatic heterocycles. The number of aromatic nitrogens is 2. The van der Waals surface area contributed by atoms with Gasteiger partial charge in [0, 0.05) is 28.1 Å². The zero-order chi connectivity index (χ0) is 20.8. The van der Waals surface area contributed by atoms with Gasteiger partial charge in [0.25, 0.3) is 11.5 Å². The molecular formula is C23H25N3O2S. The monoisotopic (exact) mass is 407 g/mol. The first kappa shape index (κ1) is 20.9. The van der Waals surface area contributed by atoms with Gasteiger partial charge in [-0.25, -0.2) is 4.68 Å². The third kappa shape index (κ3) is 5.57. The molecule has 6 heteroatoms. The predicted molar refractivity (Wildman–Crippen MR) is 118 cm³/mol. The molecule has 2 aromatic carbocycles. The maximum absolute atomic E-state index is 12.5. The number of aryl methyl sites for hydroxylation is 3. The van der Waals surface area contributed by atoms with E-state index in [-0.39, 0.29) is 17.2 Å². The van der Waals surface area contributed by atoms with Gasteiger partial charge < -0.3 is 5.32 Å². The number of anilines is 1. The Kier molecular flexibility index (Phi) is 6.88. The lowest BCUT2D eigenvalue weighted by molar-refractivity contribution is 0.101. The van der Waals surface area contributed by atoms with Crippen LogP contribution >= 0.6 is 11.8 Å². The molecule has 3 aromatic rings. The molecule has 0 saturated heterocycles. The van der Waals surface area contributed by atoms with Crippen molar-refractivity contribution in [3.8, 4) is 0 Å². The van der Waals surface area contributed by atoms with Gasteiger partial charge >= 0.3 is 0 Å². The Morgan fingerprint density at radius 1 is 1.07 bits per heavy atom. The normalized spacial score (nSPS) is 10.7. The van der Waals surface area contributed by atoms with Crippen LogP contribution in [0, 0.1) is 13.8 Å². The average Bonchev–Trinajstić information content (AvgIpc) is 2.71. The summed E-state index contributed by atoms with van der Waals surface area (Å²) < 4.78 is 1.35. The van der Waals surface area contributed by atoms with Gasteiger partial charge in [0.2, 0.25) is 0 Å². The van der Waals surface area contributed by atoms with E-state index in [0.717, 1.165) is 17.7 Å². The highest BCUT2D eigenvalue weighted by Gasteiger charge is 2.10. The lowest BCUT2D eigenvalue weighted by atomic mass is 10.2. The molecular weight excluding hydrogens is 382 g/mol. The Labute approximate surface area is 175 Å². The molecule has 0 radical (unpaired) electrons. The third-order valence-corrected chi connectivity index (χ3v) is 5.67. The smallest absolute Gasteiger partial charge is 0.276 e. The van der Waals surface area contributed by atoms with Crippen LogP contribution in [0.4, 0.5) is 5.69 Å². The minimum Gasteiger partial charge on any atom is -0.321 e. The molecule has 1 amide bonds. The van der Waals surface area contributed by atoms with E-state index in [1.54, 1.807) is 11.8 Å². The van der Waals surface area contributed by atoms with Crippen molar-refractivity contribution in [2.45, 2.75) is 49.9 Å². The van der Waals surface area contributed by atoms with Gasteiger partial charge in [0.1, 0.15) is 5.69 Å². The van der Waals surface area contributed by atoms with Crippen LogP contribution < -0.4 is 10.9 Å². The summed E-state index contributed by atoms with van der Waals surface area (Å²) in [6.45, 7) is 6.75. The Hall–Kier alpha value is -2.86. The highest BCUT2D eigenvalue weighted by molar-refractivity contribution is 7.99. The van der Waals surface area contributed by atoms with Crippen LogP contribution in [0.2, 0.25) is 0 Å². The van der Waals surface area contributed by atoms with Crippen LogP contribution in [-0.4, -0.2) is 15.7 Å². The average molecular weight is 408 g/mol. The van der Waals surface area contributed by atoms with Crippen molar-refractivity contribution in [1.82, 2.24) is 9.78 Å². The minimum absolute atomic E-state index is 0.192. The zero-order valence-corrected chi connectivity index (χ0v) is 17.8. The van der Waals surface area contributed by atoms with E-state index in [1.807, 2.05) is 31.2 Å². The van der Waals surface area contributed by atoms with Gasteiger partial charge in [0.15, 0.2) is 0 Å². The van der Waals surface area contributed by atoms with Gasteiger partial charge in [-0.05, 0) is 67.8 Å². The topological polar surface area (TPSA) is 64.0 Å². The molecule has 5 nitrogen and oxygen atoms in total. The number of nitrogens with zero attached hydrogens (tertiary/aromatic N) is 2. The second-order valence-corrected chi connectivity index (χ2v) is 8.10. The highest BCUT2D eigenvalue weighted by Crippen LogP contribution is 2.31. The van der Waals surface area contributed by atoms with Crippen LogP contribution in [0.1, 0.15) is 41.4 Å². The van der Waals surface area contributed by atoms with Crippen LogP contribution in [-0.2, 0) is 6.54 Å². The Balaban J connectivity index is 1.68. The highest BCUT2D eigenvalue weighted by atomic mass is 32.2. The summed E-state index contributed by atoms with van der Waals surface area (Å²) in [7, 11) is 0. The summed E-state index contributed by atoms with van der Waals surface area (Å²) in [5.41, 5.74) is 3.20. The molecule has 0 aliphatic rings. The second-order valence-electron chi connectivity index (χ2n) is 6.98. The lowest BCUT2D eigenvalue weighted by Crippen LogP contribution is -2.26. The summed E-state index contributed by atoms with van der Waals surface area (Å²) in [6.07, 6.45) is 1.80. The first-order chi connectivity index (χ1) is 14.0. The Morgan fingerprint density at radius 2 is 1.83 bits per heavy atom. The minimum atomic E-state index is -0.329. The summed E-state index contributed by atoms with van der Waals surface area (Å²) in [5, 5.41) is 7.03. The van der Waals surface area contributed by atoms with E-state index >= 15 is 0 Å². The number of amides is 1. The van der Waals surface area contributed by atoms with Crippen LogP contribution in [0.25, 0.3) is 0 Å². The van der Waals surface area contributed by atoms with Crippen LogP contribution in [0.15, 0.2) is 69.2 Å². The fourth-order valence-electron chi connectivity index (χ4n) is 2.78. The van der Waals surface area contributed by atoms with Gasteiger partial charge in [-0.15, -0.1) is 0 Å². The summed E-state index contributed by atoms with van der Waals surface area (Å²) in [5.74, 6) is -0.329. The van der Waals surface area contributed by atoms with E-state index in [9.17, 15) is 9.59 Å². The van der Waals surface area contributed by atoms with Crippen LogP contribution in [0.5, 0.6) is 0 Å². The molecule has 0 atom stereocenters. The number of nitrogens with one attached hydrogen (secondary N) is 1. The largest absolute Gasteiger partial charge is 0.321 e. The molecule has 0 spiro atoms. The molecule has 1 heterocycles. The number of unbranched alkanes of at least 4 members (excludes halogenated alkanes) is 1. The van der Waals surface area contributed by atoms with E-state index in [2.05, 4.69) is 42.5 Å². The summed E-state index contributed by atoms with van der Waals surface area (Å²) in [4.78, 5) is 26.7. The molecule has 0 fully saturated rings. The van der Waals surface area contributed by atoms with Gasteiger partial charge in [-0.3, -0.25) is 9.59 Å². The standard InChI is InChI=1S/C23H25N3O2S/c1-4-5-14-26-22(27)13-12-20(25-26)23(28)24-18-8-10-19(11-9-18)29-21-15-16(2)6-7-17(21)3/h6-13,15H,4-5,14H2,1-3H3,(H,24,28). The fourth-order valence-corrected chi connectivity index (χ4v) is 3.78. The zero-order valence-electron chi connectivity index (χ0n) is 16.9. The van der Waals surface area contributed by atoms with E-state index in [1.165, 1.54) is 32.8 Å². The van der Waals surface area contributed by atoms with Crippen molar-refractivity contribution in [3.63, 3.8) is 0 Å².